The number of hydrogen-bond acceptors (Lipinski definition) is 2. The quantitative estimate of drug-likeness (QED) is 0.393. The Balaban J connectivity index is 1.79. The molecule has 3 aromatic rings. The van der Waals surface area contributed by atoms with E-state index in [-0.39, 0.29) is 11.2 Å². The molecule has 4 rings (SSSR count). The van der Waals surface area contributed by atoms with Crippen molar-refractivity contribution in [1.82, 2.24) is 0 Å². The van der Waals surface area contributed by atoms with Gasteiger partial charge in [0.2, 0.25) is 0 Å². The molecule has 4 nitrogen and oxygen atoms in total. The Morgan fingerprint density at radius 2 is 1.84 bits per heavy atom. The molecule has 0 spiro atoms. The average Bonchev–Trinajstić information content (AvgIpc) is 3.03. The first-order chi connectivity index (χ1) is 12.1. The third kappa shape index (κ3) is 2.75. The van der Waals surface area contributed by atoms with Crippen molar-refractivity contribution in [3.8, 4) is 0 Å². The number of fused-ring (bicyclic) bond motifs is 3. The van der Waals surface area contributed by atoms with Gasteiger partial charge < -0.3 is 10.2 Å². The number of hydrogen-bond donors (Lipinski definition) is 2. The summed E-state index contributed by atoms with van der Waals surface area (Å²) in [5, 5.41) is 8.91. The second kappa shape index (κ2) is 6.22. The lowest BCUT2D eigenvalue weighted by Crippen LogP contribution is -2.19. The molecule has 1 atom stereocenters. The van der Waals surface area contributed by atoms with Gasteiger partial charge in [0, 0.05) is 22.1 Å². The lowest BCUT2D eigenvalue weighted by Gasteiger charge is -2.16. The van der Waals surface area contributed by atoms with Crippen LogP contribution in [0.25, 0.3) is 16.5 Å². The lowest BCUT2D eigenvalue weighted by molar-refractivity contribution is 0.538. The summed E-state index contributed by atoms with van der Waals surface area (Å²) in [6.07, 6.45) is 2.58. The number of halogens is 1. The number of amidine groups is 2. The Morgan fingerprint density at radius 1 is 1.12 bits per heavy atom. The zero-order chi connectivity index (χ0) is 17.4. The molecule has 0 radical (unpaired) electrons. The van der Waals surface area contributed by atoms with Gasteiger partial charge in [0.15, 0.2) is 5.84 Å². The molecule has 2 aromatic carbocycles. The fourth-order valence-corrected chi connectivity index (χ4v) is 3.31. The predicted molar refractivity (Wildman–Crippen MR) is 102 cm³/mol. The van der Waals surface area contributed by atoms with Gasteiger partial charge in [-0.05, 0) is 12.5 Å². The van der Waals surface area contributed by atoms with Crippen molar-refractivity contribution in [2.24, 2.45) is 10.7 Å². The average molecular weight is 350 g/mol. The molecule has 0 saturated heterocycles. The molecule has 1 aromatic heterocycles. The zero-order valence-corrected chi connectivity index (χ0v) is 14.1. The first-order valence-electron chi connectivity index (χ1n) is 7.99. The van der Waals surface area contributed by atoms with Gasteiger partial charge in [-0.15, -0.1) is 11.6 Å². The molecule has 1 aliphatic carbocycles. The van der Waals surface area contributed by atoms with Crippen LogP contribution in [0.5, 0.6) is 0 Å². The van der Waals surface area contributed by atoms with Crippen molar-refractivity contribution in [2.75, 3.05) is 0 Å². The largest absolute Gasteiger partial charge is 0.459 e. The molecule has 5 heteroatoms. The number of alkyl halides is 1. The van der Waals surface area contributed by atoms with Crippen LogP contribution in [-0.4, -0.2) is 11.7 Å². The van der Waals surface area contributed by atoms with Crippen LogP contribution in [0.4, 0.5) is 0 Å². The van der Waals surface area contributed by atoms with E-state index in [0.29, 0.717) is 23.6 Å². The Bertz CT molecular complexity index is 1020. The highest BCUT2D eigenvalue weighted by Gasteiger charge is 2.28. The second-order valence-corrected chi connectivity index (χ2v) is 6.40. The molecule has 0 saturated carbocycles. The van der Waals surface area contributed by atoms with Crippen LogP contribution in [-0.2, 0) is 0 Å². The van der Waals surface area contributed by atoms with Gasteiger partial charge in [-0.25, -0.2) is 4.99 Å². The van der Waals surface area contributed by atoms with Gasteiger partial charge >= 0.3 is 0 Å². The van der Waals surface area contributed by atoms with E-state index in [2.05, 4.69) is 4.99 Å². The van der Waals surface area contributed by atoms with Gasteiger partial charge in [0.25, 0.3) is 0 Å². The molecule has 3 N–H and O–H groups in total. The number of nitrogens with zero attached hydrogens (tertiary/aromatic N) is 1. The predicted octanol–water partition coefficient (Wildman–Crippen LogP) is 4.88. The summed E-state index contributed by atoms with van der Waals surface area (Å²) >= 11 is 6.43. The van der Waals surface area contributed by atoms with E-state index in [1.54, 1.807) is 0 Å². The summed E-state index contributed by atoms with van der Waals surface area (Å²) < 4.78 is 5.94. The van der Waals surface area contributed by atoms with Gasteiger partial charge in [-0.3, -0.25) is 5.41 Å². The van der Waals surface area contributed by atoms with Crippen LogP contribution < -0.4 is 5.73 Å². The summed E-state index contributed by atoms with van der Waals surface area (Å²) in [7, 11) is 0. The number of benzene rings is 2. The fraction of sp³-hybridized carbons (Fsp3) is 0.100. The van der Waals surface area contributed by atoms with E-state index < -0.39 is 0 Å². The molecule has 25 heavy (non-hydrogen) atoms. The standard InChI is InChI=1S/C20H16ClN3O/c21-15-11-10-14(17-13-8-4-5-9-16(13)25-18(15)17)20(23)24-19(22)12-6-2-1-3-7-12/h1-10,15H,11H2,(H3,22,23,24). The minimum Gasteiger partial charge on any atom is -0.459 e. The molecular formula is C20H16ClN3O. The Morgan fingerprint density at radius 3 is 2.64 bits per heavy atom. The minimum absolute atomic E-state index is 0.126. The number of rotatable bonds is 2. The van der Waals surface area contributed by atoms with E-state index in [9.17, 15) is 0 Å². The zero-order valence-electron chi connectivity index (χ0n) is 13.4. The maximum Gasteiger partial charge on any atom is 0.154 e. The van der Waals surface area contributed by atoms with Crippen molar-refractivity contribution in [3.63, 3.8) is 0 Å². The van der Waals surface area contributed by atoms with Crippen molar-refractivity contribution in [1.29, 1.82) is 5.41 Å². The van der Waals surface area contributed by atoms with E-state index in [1.165, 1.54) is 0 Å². The third-order valence-corrected chi connectivity index (χ3v) is 4.64. The van der Waals surface area contributed by atoms with Crippen LogP contribution in [0.2, 0.25) is 0 Å². The van der Waals surface area contributed by atoms with Crippen molar-refractivity contribution in [2.45, 2.75) is 11.8 Å². The van der Waals surface area contributed by atoms with E-state index in [0.717, 1.165) is 22.1 Å². The topological polar surface area (TPSA) is 75.4 Å². The summed E-state index contributed by atoms with van der Waals surface area (Å²) in [5.74, 6) is 1.14. The monoisotopic (exact) mass is 349 g/mol. The molecule has 1 heterocycles. The van der Waals surface area contributed by atoms with Crippen LogP contribution >= 0.6 is 11.6 Å². The van der Waals surface area contributed by atoms with Crippen LogP contribution in [0.1, 0.15) is 28.7 Å². The molecule has 0 aliphatic heterocycles. The number of nitrogens with two attached hydrogens (primary N) is 1. The van der Waals surface area contributed by atoms with E-state index in [1.807, 2.05) is 60.7 Å². The molecule has 124 valence electrons. The Hall–Kier alpha value is -2.85. The number of furan rings is 1. The molecule has 1 aliphatic rings. The number of nitrogens with one attached hydrogen (secondary N) is 1. The fourth-order valence-electron chi connectivity index (χ4n) is 3.07. The van der Waals surface area contributed by atoms with Crippen LogP contribution in [0, 0.1) is 5.41 Å². The number of para-hydroxylation sites is 1. The summed E-state index contributed by atoms with van der Waals surface area (Å²) in [6, 6.07) is 17.1. The molecular weight excluding hydrogens is 334 g/mol. The van der Waals surface area contributed by atoms with Gasteiger partial charge in [-0.1, -0.05) is 54.6 Å². The summed E-state index contributed by atoms with van der Waals surface area (Å²) in [5.41, 5.74) is 9.40. The molecule has 0 fully saturated rings. The van der Waals surface area contributed by atoms with Crippen molar-refractivity contribution in [3.05, 3.63) is 77.6 Å². The summed E-state index contributed by atoms with van der Waals surface area (Å²) in [4.78, 5) is 4.31. The highest BCUT2D eigenvalue weighted by molar-refractivity contribution is 6.30. The second-order valence-electron chi connectivity index (χ2n) is 5.87. The molecule has 0 bridgehead atoms. The highest BCUT2D eigenvalue weighted by Crippen LogP contribution is 2.42. The Kier molecular flexibility index (Phi) is 3.90. The summed E-state index contributed by atoms with van der Waals surface area (Å²) in [6.45, 7) is 0. The lowest BCUT2D eigenvalue weighted by atomic mass is 9.93. The van der Waals surface area contributed by atoms with Crippen molar-refractivity contribution >= 4 is 39.8 Å². The van der Waals surface area contributed by atoms with Gasteiger partial charge in [0.1, 0.15) is 17.2 Å². The highest BCUT2D eigenvalue weighted by atomic mass is 35.5. The van der Waals surface area contributed by atoms with Gasteiger partial charge in [0.05, 0.1) is 5.38 Å². The smallest absolute Gasteiger partial charge is 0.154 e. The first-order valence-corrected chi connectivity index (χ1v) is 8.43. The molecule has 1 unspecified atom stereocenters. The van der Waals surface area contributed by atoms with Crippen LogP contribution in [0.15, 0.2) is 70.1 Å². The van der Waals surface area contributed by atoms with Gasteiger partial charge in [-0.2, -0.15) is 0 Å². The minimum atomic E-state index is -0.229. The van der Waals surface area contributed by atoms with Crippen LogP contribution in [0.3, 0.4) is 0 Å². The van der Waals surface area contributed by atoms with E-state index in [4.69, 9.17) is 27.2 Å². The maximum absolute atomic E-state index is 8.18. The SMILES string of the molecule is N=C(/N=C(\N)C1=CCC(Cl)c2oc3ccccc3c21)c1ccccc1. The van der Waals surface area contributed by atoms with Crippen molar-refractivity contribution < 1.29 is 4.42 Å². The first kappa shape index (κ1) is 15.7. The number of allylic oxidation sites excluding steroid dienone is 1. The maximum atomic E-state index is 8.18. The molecule has 0 amide bonds. The normalized spacial score (nSPS) is 17.2. The van der Waals surface area contributed by atoms with E-state index >= 15 is 0 Å². The third-order valence-electron chi connectivity index (χ3n) is 4.26. The Labute approximate surface area is 150 Å². The number of aliphatic imine (C=N–C) groups is 1.